The summed E-state index contributed by atoms with van der Waals surface area (Å²) in [5.41, 5.74) is 2.46. The molecule has 2 aromatic rings. The van der Waals surface area contributed by atoms with E-state index in [4.69, 9.17) is 5.26 Å². The Kier molecular flexibility index (Phi) is 4.59. The van der Waals surface area contributed by atoms with Crippen molar-refractivity contribution in [3.05, 3.63) is 57.5 Å². The lowest BCUT2D eigenvalue weighted by atomic mass is 10.2. The predicted molar refractivity (Wildman–Crippen MR) is 79.6 cm³/mol. The number of nitrogens with zero attached hydrogens (tertiary/aromatic N) is 3. The van der Waals surface area contributed by atoms with Gasteiger partial charge in [-0.2, -0.15) is 5.26 Å². The number of aromatic nitrogens is 2. The lowest BCUT2D eigenvalue weighted by Gasteiger charge is -2.08. The molecule has 0 saturated heterocycles. The van der Waals surface area contributed by atoms with Gasteiger partial charge in [-0.1, -0.05) is 30.8 Å². The van der Waals surface area contributed by atoms with Crippen LogP contribution in [0.25, 0.3) is 0 Å². The molecule has 1 aromatic carbocycles. The second kappa shape index (κ2) is 6.40. The Bertz CT molecular complexity index is 716. The molecule has 0 unspecified atom stereocenters. The molecule has 0 N–H and O–H groups in total. The lowest BCUT2D eigenvalue weighted by molar-refractivity contribution is 0.690. The Morgan fingerprint density at radius 3 is 2.90 bits per heavy atom. The summed E-state index contributed by atoms with van der Waals surface area (Å²) in [5, 5.41) is 9.59. The second-order valence-electron chi connectivity index (χ2n) is 4.38. The molecule has 1 heterocycles. The number of hydrogen-bond acceptors (Lipinski definition) is 4. The Morgan fingerprint density at radius 1 is 1.40 bits per heavy atom. The molecule has 0 spiro atoms. The molecule has 0 fully saturated rings. The first kappa shape index (κ1) is 14.4. The number of hydrogen-bond donors (Lipinski definition) is 0. The summed E-state index contributed by atoms with van der Waals surface area (Å²) in [6.45, 7) is 1.98. The zero-order valence-corrected chi connectivity index (χ0v) is 12.3. The number of benzene rings is 1. The molecule has 4 nitrogen and oxygen atoms in total. The Morgan fingerprint density at radius 2 is 2.20 bits per heavy atom. The van der Waals surface area contributed by atoms with Crippen molar-refractivity contribution < 1.29 is 0 Å². The molecule has 20 heavy (non-hydrogen) atoms. The fourth-order valence-corrected chi connectivity index (χ4v) is 2.69. The highest BCUT2D eigenvalue weighted by Crippen LogP contribution is 2.20. The van der Waals surface area contributed by atoms with Gasteiger partial charge in [-0.05, 0) is 24.1 Å². The van der Waals surface area contributed by atoms with E-state index in [2.05, 4.69) is 11.1 Å². The van der Waals surface area contributed by atoms with Crippen LogP contribution in [0.15, 0.2) is 40.3 Å². The summed E-state index contributed by atoms with van der Waals surface area (Å²) in [4.78, 5) is 16.3. The summed E-state index contributed by atoms with van der Waals surface area (Å²) < 4.78 is 1.55. The van der Waals surface area contributed by atoms with E-state index < -0.39 is 0 Å². The van der Waals surface area contributed by atoms with E-state index in [9.17, 15) is 4.79 Å². The van der Waals surface area contributed by atoms with E-state index in [1.54, 1.807) is 23.7 Å². The van der Waals surface area contributed by atoms with Gasteiger partial charge in [0.2, 0.25) is 0 Å². The smallest absolute Gasteiger partial charge is 0.254 e. The third kappa shape index (κ3) is 3.28. The zero-order valence-electron chi connectivity index (χ0n) is 11.5. The van der Waals surface area contributed by atoms with Crippen LogP contribution in [0.1, 0.15) is 23.7 Å². The van der Waals surface area contributed by atoms with Crippen LogP contribution in [0.3, 0.4) is 0 Å². The normalized spacial score (nSPS) is 10.2. The van der Waals surface area contributed by atoms with E-state index in [-0.39, 0.29) is 5.56 Å². The lowest BCUT2D eigenvalue weighted by Crippen LogP contribution is -2.20. The highest BCUT2D eigenvalue weighted by atomic mass is 32.2. The highest BCUT2D eigenvalue weighted by molar-refractivity contribution is 7.98. The van der Waals surface area contributed by atoms with Crippen molar-refractivity contribution in [3.63, 3.8) is 0 Å². The van der Waals surface area contributed by atoms with Crippen LogP contribution in [-0.4, -0.2) is 9.55 Å². The van der Waals surface area contributed by atoms with Crippen LogP contribution >= 0.6 is 11.8 Å². The molecule has 0 aliphatic rings. The van der Waals surface area contributed by atoms with Gasteiger partial charge in [0.1, 0.15) is 0 Å². The van der Waals surface area contributed by atoms with E-state index in [1.807, 2.05) is 25.1 Å². The van der Waals surface area contributed by atoms with Crippen LogP contribution in [0.5, 0.6) is 0 Å². The monoisotopic (exact) mass is 285 g/mol. The summed E-state index contributed by atoms with van der Waals surface area (Å²) >= 11 is 1.51. The van der Waals surface area contributed by atoms with E-state index in [0.29, 0.717) is 16.5 Å². The highest BCUT2D eigenvalue weighted by Gasteiger charge is 2.06. The van der Waals surface area contributed by atoms with Crippen molar-refractivity contribution in [1.29, 1.82) is 5.26 Å². The largest absolute Gasteiger partial charge is 0.291 e. The number of aryl methyl sites for hydroxylation is 1. The van der Waals surface area contributed by atoms with Gasteiger partial charge < -0.3 is 0 Å². The fourth-order valence-electron chi connectivity index (χ4n) is 1.75. The quantitative estimate of drug-likeness (QED) is 0.639. The van der Waals surface area contributed by atoms with E-state index in [0.717, 1.165) is 17.7 Å². The molecule has 0 bridgehead atoms. The van der Waals surface area contributed by atoms with E-state index in [1.165, 1.54) is 11.8 Å². The first-order valence-corrected chi connectivity index (χ1v) is 7.31. The van der Waals surface area contributed by atoms with Crippen LogP contribution in [0, 0.1) is 11.3 Å². The Labute approximate surface area is 122 Å². The molecular weight excluding hydrogens is 270 g/mol. The molecule has 0 aliphatic heterocycles. The van der Waals surface area contributed by atoms with Gasteiger partial charge in [0.25, 0.3) is 5.56 Å². The number of thioether (sulfide) groups is 1. The third-order valence-electron chi connectivity index (χ3n) is 2.93. The standard InChI is InChI=1S/C15H15N3OS/c1-3-13-8-14(19)18(2)15(17-13)20-10-12-6-4-5-11(7-12)9-16/h4-8H,3,10H2,1-2H3. The second-order valence-corrected chi connectivity index (χ2v) is 5.32. The van der Waals surface area contributed by atoms with Crippen LogP contribution in [-0.2, 0) is 19.2 Å². The minimum atomic E-state index is -0.0369. The van der Waals surface area contributed by atoms with Crippen molar-refractivity contribution >= 4 is 11.8 Å². The maximum Gasteiger partial charge on any atom is 0.254 e. The first-order valence-electron chi connectivity index (χ1n) is 6.33. The molecule has 102 valence electrons. The van der Waals surface area contributed by atoms with Gasteiger partial charge in [0.15, 0.2) is 5.16 Å². The average Bonchev–Trinajstić information content (AvgIpc) is 2.48. The van der Waals surface area contributed by atoms with Gasteiger partial charge in [0.05, 0.1) is 11.6 Å². The van der Waals surface area contributed by atoms with Crippen LogP contribution in [0.2, 0.25) is 0 Å². The molecule has 0 saturated carbocycles. The van der Waals surface area contributed by atoms with Gasteiger partial charge in [-0.15, -0.1) is 0 Å². The maximum absolute atomic E-state index is 11.8. The number of rotatable bonds is 4. The molecule has 0 aliphatic carbocycles. The maximum atomic E-state index is 11.8. The Balaban J connectivity index is 2.20. The average molecular weight is 285 g/mol. The molecule has 0 radical (unpaired) electrons. The van der Waals surface area contributed by atoms with Gasteiger partial charge >= 0.3 is 0 Å². The zero-order chi connectivity index (χ0) is 14.5. The van der Waals surface area contributed by atoms with Gasteiger partial charge in [-0.25, -0.2) is 4.98 Å². The first-order chi connectivity index (χ1) is 9.63. The summed E-state index contributed by atoms with van der Waals surface area (Å²) in [6.07, 6.45) is 0.744. The summed E-state index contributed by atoms with van der Waals surface area (Å²) in [6, 6.07) is 11.2. The molecule has 1 aromatic heterocycles. The minimum absolute atomic E-state index is 0.0369. The van der Waals surface area contributed by atoms with Crippen molar-refractivity contribution in [2.24, 2.45) is 7.05 Å². The molecule has 2 rings (SSSR count). The van der Waals surface area contributed by atoms with Crippen LogP contribution < -0.4 is 5.56 Å². The van der Waals surface area contributed by atoms with Crippen LogP contribution in [0.4, 0.5) is 0 Å². The molecule has 0 amide bonds. The topological polar surface area (TPSA) is 58.7 Å². The molecule has 5 heteroatoms. The molecular formula is C15H15N3OS. The van der Waals surface area contributed by atoms with Crippen molar-refractivity contribution in [1.82, 2.24) is 9.55 Å². The Hall–Kier alpha value is -2.06. The minimum Gasteiger partial charge on any atom is -0.291 e. The number of nitriles is 1. The van der Waals surface area contributed by atoms with Crippen molar-refractivity contribution in [2.75, 3.05) is 0 Å². The summed E-state index contributed by atoms with van der Waals surface area (Å²) in [7, 11) is 1.73. The van der Waals surface area contributed by atoms with Gasteiger partial charge in [0, 0.05) is 24.6 Å². The summed E-state index contributed by atoms with van der Waals surface area (Å²) in [5.74, 6) is 0.683. The third-order valence-corrected chi connectivity index (χ3v) is 4.03. The van der Waals surface area contributed by atoms with Crippen molar-refractivity contribution in [3.8, 4) is 6.07 Å². The fraction of sp³-hybridized carbons (Fsp3) is 0.267. The van der Waals surface area contributed by atoms with Crippen molar-refractivity contribution in [2.45, 2.75) is 24.3 Å². The van der Waals surface area contributed by atoms with E-state index >= 15 is 0 Å². The van der Waals surface area contributed by atoms with Gasteiger partial charge in [-0.3, -0.25) is 9.36 Å². The molecule has 0 atom stereocenters. The predicted octanol–water partition coefficient (Wildman–Crippen LogP) is 2.51. The SMILES string of the molecule is CCc1cc(=O)n(C)c(SCc2cccc(C#N)c2)n1.